The van der Waals surface area contributed by atoms with E-state index in [-0.39, 0.29) is 12.0 Å². The zero-order valence-corrected chi connectivity index (χ0v) is 15.3. The average Bonchev–Trinajstić information content (AvgIpc) is 2.73. The molecule has 1 amide bonds. The van der Waals surface area contributed by atoms with Crippen LogP contribution >= 0.6 is 0 Å². The molecule has 0 spiro atoms. The van der Waals surface area contributed by atoms with E-state index in [0.717, 1.165) is 24.9 Å². The number of benzene rings is 1. The van der Waals surface area contributed by atoms with E-state index in [1.54, 1.807) is 6.20 Å². The number of piperidine rings is 1. The molecule has 1 aromatic heterocycles. The zero-order valence-electron chi connectivity index (χ0n) is 15.3. The molecular weight excluding hydrogens is 346 g/mol. The molecule has 0 saturated carbocycles. The van der Waals surface area contributed by atoms with E-state index < -0.39 is 6.10 Å². The van der Waals surface area contributed by atoms with Crippen molar-refractivity contribution < 1.29 is 19.0 Å². The molecular formula is C20H23N3O4. The molecule has 2 aliphatic rings. The Bertz CT molecular complexity index is 813. The van der Waals surface area contributed by atoms with E-state index >= 15 is 0 Å². The van der Waals surface area contributed by atoms with E-state index in [2.05, 4.69) is 22.1 Å². The molecule has 7 heteroatoms. The predicted octanol–water partition coefficient (Wildman–Crippen LogP) is 2.00. The van der Waals surface area contributed by atoms with Gasteiger partial charge >= 0.3 is 0 Å². The van der Waals surface area contributed by atoms with Crippen LogP contribution in [0.5, 0.6) is 11.8 Å². The molecule has 0 unspecified atom stereocenters. The van der Waals surface area contributed by atoms with Crippen LogP contribution < -0.4 is 9.47 Å². The van der Waals surface area contributed by atoms with Gasteiger partial charge in [-0.15, -0.1) is 0 Å². The number of amides is 1. The first-order valence-corrected chi connectivity index (χ1v) is 9.23. The van der Waals surface area contributed by atoms with Gasteiger partial charge in [0.2, 0.25) is 11.8 Å². The van der Waals surface area contributed by atoms with Crippen LogP contribution in [0.3, 0.4) is 0 Å². The van der Waals surface area contributed by atoms with Crippen LogP contribution in [0.15, 0.2) is 36.7 Å². The lowest BCUT2D eigenvalue weighted by molar-refractivity contribution is -0.148. The highest BCUT2D eigenvalue weighted by molar-refractivity contribution is 5.81. The molecule has 1 aromatic carbocycles. The summed E-state index contributed by atoms with van der Waals surface area (Å²) in [5.41, 5.74) is 2.36. The second-order valence-electron chi connectivity index (χ2n) is 6.84. The van der Waals surface area contributed by atoms with Gasteiger partial charge in [0.25, 0.3) is 5.91 Å². The molecule has 142 valence electrons. The minimum absolute atomic E-state index is 0.0366. The van der Waals surface area contributed by atoms with Crippen molar-refractivity contribution in [2.24, 2.45) is 0 Å². The van der Waals surface area contributed by atoms with Gasteiger partial charge in [-0.2, -0.15) is 4.98 Å². The molecule has 2 atom stereocenters. The van der Waals surface area contributed by atoms with E-state index in [0.29, 0.717) is 31.3 Å². The number of rotatable bonds is 4. The SMILES string of the molecule is COc1cncc(O[C@H]2CCCN(C(=O)[C@@H]3Cc4ccccc4CO3)C2)n1. The van der Waals surface area contributed by atoms with E-state index in [9.17, 15) is 4.79 Å². The fourth-order valence-electron chi connectivity index (χ4n) is 3.60. The molecule has 4 rings (SSSR count). The van der Waals surface area contributed by atoms with Crippen LogP contribution in [0.25, 0.3) is 0 Å². The molecule has 1 fully saturated rings. The molecule has 0 aliphatic carbocycles. The lowest BCUT2D eigenvalue weighted by Crippen LogP contribution is -2.49. The first-order chi connectivity index (χ1) is 13.2. The van der Waals surface area contributed by atoms with Crippen LogP contribution in [0, 0.1) is 0 Å². The largest absolute Gasteiger partial charge is 0.480 e. The number of nitrogens with zero attached hydrogens (tertiary/aromatic N) is 3. The van der Waals surface area contributed by atoms with Gasteiger partial charge in [0.05, 0.1) is 32.7 Å². The number of hydrogen-bond donors (Lipinski definition) is 0. The summed E-state index contributed by atoms with van der Waals surface area (Å²) in [5, 5.41) is 0. The maximum absolute atomic E-state index is 13.0. The Morgan fingerprint density at radius 3 is 2.89 bits per heavy atom. The topological polar surface area (TPSA) is 73.8 Å². The Kier molecular flexibility index (Phi) is 5.20. The summed E-state index contributed by atoms with van der Waals surface area (Å²) >= 11 is 0. The van der Waals surface area contributed by atoms with Crippen molar-refractivity contribution in [3.63, 3.8) is 0 Å². The van der Waals surface area contributed by atoms with E-state index in [1.807, 2.05) is 17.0 Å². The van der Waals surface area contributed by atoms with Gasteiger partial charge in [0.15, 0.2) is 0 Å². The molecule has 7 nitrogen and oxygen atoms in total. The van der Waals surface area contributed by atoms with E-state index in [1.165, 1.54) is 18.9 Å². The standard InChI is InChI=1S/C20H23N3O4/c1-25-18-10-21-11-19(22-18)27-16-7-4-8-23(12-16)20(24)17-9-14-5-2-3-6-15(14)13-26-17/h2-3,5-6,10-11,16-17H,4,7-9,12-13H2,1H3/t16-,17-/m0/s1. The number of likely N-dealkylation sites (tertiary alicyclic amines) is 1. The molecule has 1 saturated heterocycles. The van der Waals surface area contributed by atoms with Gasteiger partial charge < -0.3 is 19.1 Å². The normalized spacial score (nSPS) is 22.0. The summed E-state index contributed by atoms with van der Waals surface area (Å²) in [4.78, 5) is 23.1. The lowest BCUT2D eigenvalue weighted by atomic mass is 9.98. The van der Waals surface area contributed by atoms with Gasteiger partial charge in [-0.25, -0.2) is 0 Å². The highest BCUT2D eigenvalue weighted by Crippen LogP contribution is 2.24. The van der Waals surface area contributed by atoms with Crippen molar-refractivity contribution in [2.45, 2.75) is 38.1 Å². The number of fused-ring (bicyclic) bond motifs is 1. The third-order valence-electron chi connectivity index (χ3n) is 5.02. The molecule has 3 heterocycles. The highest BCUT2D eigenvalue weighted by atomic mass is 16.5. The van der Waals surface area contributed by atoms with Crippen molar-refractivity contribution in [3.8, 4) is 11.8 Å². The minimum atomic E-state index is -0.421. The maximum atomic E-state index is 13.0. The average molecular weight is 369 g/mol. The summed E-state index contributed by atoms with van der Waals surface area (Å²) in [6.45, 7) is 1.74. The Labute approximate surface area is 158 Å². The number of carbonyl (C=O) groups excluding carboxylic acids is 1. The second kappa shape index (κ2) is 7.92. The zero-order chi connectivity index (χ0) is 18.6. The Morgan fingerprint density at radius 1 is 1.22 bits per heavy atom. The predicted molar refractivity (Wildman–Crippen MR) is 97.5 cm³/mol. The number of methoxy groups -OCH3 is 1. The van der Waals surface area contributed by atoms with Crippen molar-refractivity contribution in [2.75, 3.05) is 20.2 Å². The number of ether oxygens (including phenoxy) is 3. The highest BCUT2D eigenvalue weighted by Gasteiger charge is 2.32. The Hall–Kier alpha value is -2.67. The van der Waals surface area contributed by atoms with Gasteiger partial charge in [-0.05, 0) is 24.0 Å². The van der Waals surface area contributed by atoms with Gasteiger partial charge in [-0.1, -0.05) is 24.3 Å². The summed E-state index contributed by atoms with van der Waals surface area (Å²) < 4.78 is 16.8. The Balaban J connectivity index is 1.38. The van der Waals surface area contributed by atoms with Crippen molar-refractivity contribution in [3.05, 3.63) is 47.8 Å². The fourth-order valence-corrected chi connectivity index (χ4v) is 3.60. The molecule has 0 bridgehead atoms. The van der Waals surface area contributed by atoms with Crippen LogP contribution in [0.2, 0.25) is 0 Å². The van der Waals surface area contributed by atoms with Gasteiger partial charge in [0.1, 0.15) is 12.2 Å². The molecule has 27 heavy (non-hydrogen) atoms. The third-order valence-corrected chi connectivity index (χ3v) is 5.02. The first kappa shape index (κ1) is 17.7. The van der Waals surface area contributed by atoms with Crippen LogP contribution in [-0.4, -0.2) is 53.2 Å². The molecule has 2 aliphatic heterocycles. The Morgan fingerprint density at radius 2 is 2.04 bits per heavy atom. The smallest absolute Gasteiger partial charge is 0.252 e. The van der Waals surface area contributed by atoms with Crippen LogP contribution in [0.4, 0.5) is 0 Å². The molecule has 2 aromatic rings. The summed E-state index contributed by atoms with van der Waals surface area (Å²) in [7, 11) is 1.54. The maximum Gasteiger partial charge on any atom is 0.252 e. The summed E-state index contributed by atoms with van der Waals surface area (Å²) in [6.07, 6.45) is 4.94. The minimum Gasteiger partial charge on any atom is -0.480 e. The molecule has 0 radical (unpaired) electrons. The number of hydrogen-bond acceptors (Lipinski definition) is 6. The van der Waals surface area contributed by atoms with E-state index in [4.69, 9.17) is 14.2 Å². The van der Waals surface area contributed by atoms with Crippen molar-refractivity contribution in [1.82, 2.24) is 14.9 Å². The lowest BCUT2D eigenvalue weighted by Gasteiger charge is -2.35. The second-order valence-corrected chi connectivity index (χ2v) is 6.84. The third kappa shape index (κ3) is 4.03. The first-order valence-electron chi connectivity index (χ1n) is 9.23. The van der Waals surface area contributed by atoms with Crippen LogP contribution in [0.1, 0.15) is 24.0 Å². The fraction of sp³-hybridized carbons (Fsp3) is 0.450. The summed E-state index contributed by atoms with van der Waals surface area (Å²) in [5.74, 6) is 0.858. The van der Waals surface area contributed by atoms with Gasteiger partial charge in [-0.3, -0.25) is 9.78 Å². The van der Waals surface area contributed by atoms with Crippen molar-refractivity contribution in [1.29, 1.82) is 0 Å². The quantitative estimate of drug-likeness (QED) is 0.821. The van der Waals surface area contributed by atoms with Gasteiger partial charge in [0, 0.05) is 13.0 Å². The number of aromatic nitrogens is 2. The van der Waals surface area contributed by atoms with Crippen LogP contribution in [-0.2, 0) is 22.6 Å². The molecule has 0 N–H and O–H groups in total. The number of carbonyl (C=O) groups is 1. The summed E-state index contributed by atoms with van der Waals surface area (Å²) in [6, 6.07) is 8.13. The van der Waals surface area contributed by atoms with Crippen molar-refractivity contribution >= 4 is 5.91 Å². The monoisotopic (exact) mass is 369 g/mol.